The molecule has 96 valence electrons. The average molecular weight is 242 g/mol. The van der Waals surface area contributed by atoms with Gasteiger partial charge in [0.15, 0.2) is 0 Å². The molecule has 4 heteroatoms. The first-order valence-electron chi connectivity index (χ1n) is 5.84. The first kappa shape index (κ1) is 12.4. The number of aliphatic hydroxyl groups is 1. The van der Waals surface area contributed by atoms with Crippen molar-refractivity contribution < 1.29 is 19.0 Å². The lowest BCUT2D eigenvalue weighted by Crippen LogP contribution is -2.56. The molecule has 2 rings (SSSR count). The summed E-state index contributed by atoms with van der Waals surface area (Å²) in [6.07, 6.45) is -1.29. The van der Waals surface area contributed by atoms with Crippen LogP contribution in [-0.4, -0.2) is 30.6 Å². The number of allylic oxidation sites excluding steroid dienone is 2. The molecule has 3 atom stereocenters. The van der Waals surface area contributed by atoms with Crippen molar-refractivity contribution in [2.24, 2.45) is 5.41 Å². The molecule has 0 saturated heterocycles. The van der Waals surface area contributed by atoms with Crippen LogP contribution in [-0.2, 0) is 9.47 Å². The molecule has 0 aromatic heterocycles. The van der Waals surface area contributed by atoms with Gasteiger partial charge in [0.05, 0.1) is 23.0 Å². The van der Waals surface area contributed by atoms with E-state index in [0.717, 1.165) is 5.57 Å². The molecule has 2 aliphatic heterocycles. The molecule has 1 N–H and O–H groups in total. The van der Waals surface area contributed by atoms with Crippen LogP contribution in [0, 0.1) is 5.41 Å². The summed E-state index contributed by atoms with van der Waals surface area (Å²) in [7, 11) is 0. The van der Waals surface area contributed by atoms with E-state index in [2.05, 4.69) is 0 Å². The second-order valence-corrected chi connectivity index (χ2v) is 4.91. The molecule has 0 aromatic carbocycles. The SMILES string of the molecule is CC1=C(C)C(O)[C@]2(CF)C(C)=C(C)OCC2O1. The zero-order chi connectivity index (χ0) is 12.8. The molecule has 0 spiro atoms. The summed E-state index contributed by atoms with van der Waals surface area (Å²) in [5.74, 6) is 1.36. The van der Waals surface area contributed by atoms with E-state index in [-0.39, 0.29) is 6.61 Å². The molecule has 0 saturated carbocycles. The summed E-state index contributed by atoms with van der Waals surface area (Å²) in [5.41, 5.74) is 0.468. The minimum Gasteiger partial charge on any atom is -0.494 e. The lowest BCUT2D eigenvalue weighted by molar-refractivity contribution is -0.121. The number of hydrogen-bond donors (Lipinski definition) is 1. The Balaban J connectivity index is 2.57. The molecule has 0 radical (unpaired) electrons. The highest BCUT2D eigenvalue weighted by molar-refractivity contribution is 5.32. The van der Waals surface area contributed by atoms with Crippen molar-refractivity contribution in [2.45, 2.75) is 39.9 Å². The third-order valence-corrected chi connectivity index (χ3v) is 4.25. The van der Waals surface area contributed by atoms with Crippen LogP contribution in [0.25, 0.3) is 0 Å². The third kappa shape index (κ3) is 1.50. The maximum atomic E-state index is 13.6. The second kappa shape index (κ2) is 4.02. The molecule has 2 aliphatic rings. The fourth-order valence-electron chi connectivity index (χ4n) is 2.69. The molecule has 0 bridgehead atoms. The fourth-order valence-corrected chi connectivity index (χ4v) is 2.69. The van der Waals surface area contributed by atoms with Gasteiger partial charge in [-0.25, -0.2) is 4.39 Å². The summed E-state index contributed by atoms with van der Waals surface area (Å²) in [5, 5.41) is 10.4. The van der Waals surface area contributed by atoms with Crippen LogP contribution in [0.4, 0.5) is 4.39 Å². The van der Waals surface area contributed by atoms with Gasteiger partial charge in [-0.05, 0) is 38.8 Å². The normalized spacial score (nSPS) is 37.5. The van der Waals surface area contributed by atoms with Gasteiger partial charge in [0, 0.05) is 0 Å². The van der Waals surface area contributed by atoms with E-state index in [1.165, 1.54) is 0 Å². The first-order chi connectivity index (χ1) is 7.95. The second-order valence-electron chi connectivity index (χ2n) is 4.91. The summed E-state index contributed by atoms with van der Waals surface area (Å²) in [4.78, 5) is 0. The van der Waals surface area contributed by atoms with E-state index in [1.807, 2.05) is 6.92 Å². The molecule has 0 fully saturated rings. The van der Waals surface area contributed by atoms with Crippen molar-refractivity contribution in [3.05, 3.63) is 22.7 Å². The van der Waals surface area contributed by atoms with Crippen molar-refractivity contribution in [1.82, 2.24) is 0 Å². The van der Waals surface area contributed by atoms with Gasteiger partial charge in [-0.1, -0.05) is 0 Å². The maximum Gasteiger partial charge on any atom is 0.147 e. The molecule has 2 unspecified atom stereocenters. The Morgan fingerprint density at radius 2 is 1.94 bits per heavy atom. The van der Waals surface area contributed by atoms with E-state index < -0.39 is 24.3 Å². The number of alkyl halides is 1. The molecule has 0 aliphatic carbocycles. The minimum absolute atomic E-state index is 0.286. The van der Waals surface area contributed by atoms with Crippen molar-refractivity contribution in [2.75, 3.05) is 13.3 Å². The number of rotatable bonds is 1. The average Bonchev–Trinajstić information content (AvgIpc) is 2.32. The van der Waals surface area contributed by atoms with Crippen LogP contribution in [0.1, 0.15) is 27.7 Å². The van der Waals surface area contributed by atoms with Gasteiger partial charge in [-0.3, -0.25) is 0 Å². The summed E-state index contributed by atoms with van der Waals surface area (Å²) >= 11 is 0. The van der Waals surface area contributed by atoms with Crippen LogP contribution < -0.4 is 0 Å². The van der Waals surface area contributed by atoms with Gasteiger partial charge in [0.1, 0.15) is 19.4 Å². The Labute approximate surface area is 101 Å². The minimum atomic E-state index is -0.980. The first-order valence-corrected chi connectivity index (χ1v) is 5.84. The van der Waals surface area contributed by atoms with E-state index in [9.17, 15) is 9.50 Å². The Hall–Kier alpha value is -1.03. The topological polar surface area (TPSA) is 38.7 Å². The van der Waals surface area contributed by atoms with E-state index in [4.69, 9.17) is 9.47 Å². The smallest absolute Gasteiger partial charge is 0.147 e. The molecular formula is C13H19FO3. The number of fused-ring (bicyclic) bond motifs is 1. The molecule has 17 heavy (non-hydrogen) atoms. The zero-order valence-electron chi connectivity index (χ0n) is 10.7. The molecular weight excluding hydrogens is 223 g/mol. The van der Waals surface area contributed by atoms with E-state index >= 15 is 0 Å². The predicted molar refractivity (Wildman–Crippen MR) is 62.0 cm³/mol. The van der Waals surface area contributed by atoms with Gasteiger partial charge in [0.2, 0.25) is 0 Å². The van der Waals surface area contributed by atoms with Crippen LogP contribution in [0.5, 0.6) is 0 Å². The fraction of sp³-hybridized carbons (Fsp3) is 0.692. The van der Waals surface area contributed by atoms with Gasteiger partial charge < -0.3 is 14.6 Å². The van der Waals surface area contributed by atoms with Crippen molar-refractivity contribution in [3.63, 3.8) is 0 Å². The quantitative estimate of drug-likeness (QED) is 0.767. The highest BCUT2D eigenvalue weighted by atomic mass is 19.1. The lowest BCUT2D eigenvalue weighted by atomic mass is 9.67. The van der Waals surface area contributed by atoms with Crippen LogP contribution in [0.2, 0.25) is 0 Å². The lowest BCUT2D eigenvalue weighted by Gasteiger charge is -2.49. The van der Waals surface area contributed by atoms with Gasteiger partial charge in [-0.15, -0.1) is 0 Å². The number of aliphatic hydroxyl groups excluding tert-OH is 1. The van der Waals surface area contributed by atoms with Crippen LogP contribution in [0.15, 0.2) is 22.7 Å². The van der Waals surface area contributed by atoms with Crippen molar-refractivity contribution in [1.29, 1.82) is 0 Å². The molecule has 3 nitrogen and oxygen atoms in total. The standard InChI is InChI=1S/C13H19FO3/c1-7-9(3)17-11-5-16-10(4)8(2)13(11,6-14)12(7)15/h11-12,15H,5-6H2,1-4H3/t11?,12?,13-/m1/s1. The highest BCUT2D eigenvalue weighted by Crippen LogP contribution is 2.48. The summed E-state index contributed by atoms with van der Waals surface area (Å²) in [6.45, 7) is 6.83. The number of hydrogen-bond acceptors (Lipinski definition) is 3. The third-order valence-electron chi connectivity index (χ3n) is 4.25. The van der Waals surface area contributed by atoms with Crippen LogP contribution in [0.3, 0.4) is 0 Å². The highest BCUT2D eigenvalue weighted by Gasteiger charge is 2.55. The Morgan fingerprint density at radius 1 is 1.29 bits per heavy atom. The van der Waals surface area contributed by atoms with E-state index in [0.29, 0.717) is 17.1 Å². The monoisotopic (exact) mass is 242 g/mol. The maximum absolute atomic E-state index is 13.6. The Bertz CT molecular complexity index is 399. The number of ether oxygens (including phenoxy) is 2. The predicted octanol–water partition coefficient (Wildman–Crippen LogP) is 2.32. The summed E-state index contributed by atoms with van der Waals surface area (Å²) < 4.78 is 24.8. The van der Waals surface area contributed by atoms with Gasteiger partial charge in [0.25, 0.3) is 0 Å². The molecule has 2 heterocycles. The molecule has 0 aromatic rings. The largest absolute Gasteiger partial charge is 0.494 e. The number of halogens is 1. The zero-order valence-corrected chi connectivity index (χ0v) is 10.7. The van der Waals surface area contributed by atoms with E-state index in [1.54, 1.807) is 20.8 Å². The van der Waals surface area contributed by atoms with Crippen molar-refractivity contribution >= 4 is 0 Å². The Kier molecular flexibility index (Phi) is 2.94. The van der Waals surface area contributed by atoms with Crippen molar-refractivity contribution in [3.8, 4) is 0 Å². The summed E-state index contributed by atoms with van der Waals surface area (Å²) in [6, 6.07) is 0. The van der Waals surface area contributed by atoms with Crippen LogP contribution >= 0.6 is 0 Å². The van der Waals surface area contributed by atoms with Gasteiger partial charge in [-0.2, -0.15) is 0 Å². The molecule has 0 amide bonds. The Morgan fingerprint density at radius 3 is 2.53 bits per heavy atom. The van der Waals surface area contributed by atoms with Gasteiger partial charge >= 0.3 is 0 Å².